The maximum Gasteiger partial charge on any atom is 0.303 e. The van der Waals surface area contributed by atoms with Gasteiger partial charge >= 0.3 is 5.97 Å². The number of rotatable bonds is 3. The largest absolute Gasteiger partial charge is 0.458 e. The molecular weight excluding hydrogens is 403 g/mol. The van der Waals surface area contributed by atoms with Crippen LogP contribution in [0, 0.1) is 34.5 Å². The Bertz CT molecular complexity index is 773. The molecule has 6 nitrogen and oxygen atoms in total. The summed E-state index contributed by atoms with van der Waals surface area (Å²) in [4.78, 5) is 24.3. The van der Waals surface area contributed by atoms with Crippen LogP contribution in [-0.2, 0) is 14.3 Å². The number of ether oxygens (including phenoxy) is 1. The molecule has 0 aromatic heterocycles. The van der Waals surface area contributed by atoms with Gasteiger partial charge in [-0.15, -0.1) is 0 Å². The summed E-state index contributed by atoms with van der Waals surface area (Å²) in [6, 6.07) is 0. The van der Waals surface area contributed by atoms with Gasteiger partial charge in [-0.2, -0.15) is 0 Å². The van der Waals surface area contributed by atoms with Crippen LogP contribution in [0.3, 0.4) is 0 Å². The number of halogens is 1. The number of alkyl halides is 1. The molecule has 0 unspecified atom stereocenters. The zero-order valence-corrected chi connectivity index (χ0v) is 19.1. The van der Waals surface area contributed by atoms with Crippen LogP contribution in [0.1, 0.15) is 72.6 Å². The number of fused-ring (bicyclic) bond motifs is 5. The topological polar surface area (TPSA) is 104 Å². The molecule has 3 N–H and O–H groups in total. The van der Waals surface area contributed by atoms with Crippen molar-refractivity contribution >= 4 is 11.8 Å². The Morgan fingerprint density at radius 2 is 1.71 bits per heavy atom. The molecule has 4 rings (SSSR count). The third kappa shape index (κ3) is 2.91. The van der Waals surface area contributed by atoms with Crippen molar-refractivity contribution in [2.75, 3.05) is 6.61 Å². The van der Waals surface area contributed by atoms with Gasteiger partial charge in [-0.25, -0.2) is 4.39 Å². The van der Waals surface area contributed by atoms with E-state index in [2.05, 4.69) is 0 Å². The lowest BCUT2D eigenvalue weighted by Gasteiger charge is -2.65. The number of aliphatic hydroxyl groups is 3. The Morgan fingerprint density at radius 3 is 2.35 bits per heavy atom. The van der Waals surface area contributed by atoms with Gasteiger partial charge in [-0.3, -0.25) is 9.59 Å². The first-order valence-electron chi connectivity index (χ1n) is 11.7. The Hall–Kier alpha value is -1.05. The highest BCUT2D eigenvalue weighted by Gasteiger charge is 2.72. The van der Waals surface area contributed by atoms with Crippen LogP contribution in [-0.4, -0.2) is 57.2 Å². The van der Waals surface area contributed by atoms with Crippen LogP contribution in [0.5, 0.6) is 0 Å². The number of esters is 1. The predicted octanol–water partition coefficient (Wildman–Crippen LogP) is 2.56. The Morgan fingerprint density at radius 1 is 1.06 bits per heavy atom. The molecule has 0 aliphatic heterocycles. The van der Waals surface area contributed by atoms with Gasteiger partial charge in [0.15, 0.2) is 6.61 Å². The van der Waals surface area contributed by atoms with E-state index < -0.39 is 52.7 Å². The van der Waals surface area contributed by atoms with Crippen molar-refractivity contribution in [3.05, 3.63) is 0 Å². The van der Waals surface area contributed by atoms with E-state index in [9.17, 15) is 24.9 Å². The minimum Gasteiger partial charge on any atom is -0.458 e. The molecule has 0 saturated heterocycles. The molecule has 0 aromatic carbocycles. The third-order valence-corrected chi connectivity index (χ3v) is 10.2. The summed E-state index contributed by atoms with van der Waals surface area (Å²) in [5, 5.41) is 33.3. The van der Waals surface area contributed by atoms with Gasteiger partial charge in [0.05, 0.1) is 6.10 Å². The molecular formula is C24H37FO6. The van der Waals surface area contributed by atoms with Crippen LogP contribution in [0.2, 0.25) is 0 Å². The molecule has 176 valence electrons. The third-order valence-electron chi connectivity index (χ3n) is 10.2. The van der Waals surface area contributed by atoms with Crippen LogP contribution in [0.4, 0.5) is 4.39 Å². The maximum atomic E-state index is 15.6. The quantitative estimate of drug-likeness (QED) is 0.583. The van der Waals surface area contributed by atoms with Gasteiger partial charge in [0, 0.05) is 24.2 Å². The van der Waals surface area contributed by atoms with Crippen molar-refractivity contribution in [3.63, 3.8) is 0 Å². The summed E-state index contributed by atoms with van der Waals surface area (Å²) in [6.45, 7) is 6.55. The Labute approximate surface area is 183 Å². The predicted molar refractivity (Wildman–Crippen MR) is 111 cm³/mol. The normalized spacial score (nSPS) is 53.8. The monoisotopic (exact) mass is 440 g/mol. The van der Waals surface area contributed by atoms with Crippen molar-refractivity contribution in [1.29, 1.82) is 0 Å². The first kappa shape index (κ1) is 23.1. The van der Waals surface area contributed by atoms with Crippen molar-refractivity contribution in [2.24, 2.45) is 34.5 Å². The number of carbonyl (C=O) groups is 2. The molecule has 0 heterocycles. The van der Waals surface area contributed by atoms with E-state index in [0.29, 0.717) is 32.1 Å². The number of aliphatic hydroxyl groups excluding tert-OH is 1. The van der Waals surface area contributed by atoms with E-state index in [0.717, 1.165) is 0 Å². The second-order valence-electron chi connectivity index (χ2n) is 11.4. The van der Waals surface area contributed by atoms with Crippen molar-refractivity contribution < 1.29 is 34.0 Å². The van der Waals surface area contributed by atoms with Crippen LogP contribution in [0.15, 0.2) is 0 Å². The molecule has 4 fully saturated rings. The SMILES string of the molecule is CC(=O)OCC(=O)[C@@]1(O)[C@H](C)C[C@H]2[C@@H]3C[C@@H](F)[C@@]4(O)C[C@@H](O)CC[C@]4(C)[C@H]3CC[C@@]21C. The van der Waals surface area contributed by atoms with Gasteiger partial charge in [0.25, 0.3) is 0 Å². The lowest BCUT2D eigenvalue weighted by Crippen LogP contribution is -2.68. The fraction of sp³-hybridized carbons (Fsp3) is 0.917. The minimum absolute atomic E-state index is 0.0488. The zero-order chi connectivity index (χ0) is 23.0. The molecule has 31 heavy (non-hydrogen) atoms. The van der Waals surface area contributed by atoms with Gasteiger partial charge in [0.1, 0.15) is 17.4 Å². The average molecular weight is 441 g/mol. The van der Waals surface area contributed by atoms with Crippen LogP contribution in [0.25, 0.3) is 0 Å². The summed E-state index contributed by atoms with van der Waals surface area (Å²) in [5.41, 5.74) is -4.53. The van der Waals surface area contributed by atoms with Gasteiger partial charge in [0.2, 0.25) is 5.78 Å². The fourth-order valence-corrected chi connectivity index (χ4v) is 8.42. The number of hydrogen-bond acceptors (Lipinski definition) is 6. The van der Waals surface area contributed by atoms with Gasteiger partial charge < -0.3 is 20.1 Å². The zero-order valence-electron chi connectivity index (χ0n) is 19.1. The first-order valence-corrected chi connectivity index (χ1v) is 11.7. The maximum absolute atomic E-state index is 15.6. The molecule has 0 spiro atoms. The summed E-state index contributed by atoms with van der Waals surface area (Å²) in [6.07, 6.45) is 1.13. The van der Waals surface area contributed by atoms with Crippen molar-refractivity contribution in [2.45, 2.75) is 96.1 Å². The standard InChI is InChI=1S/C24H37FO6/c1-13-9-18-16-10-19(25)23(29)11-15(27)5-7-21(23,3)17(16)6-8-22(18,4)24(13,30)20(28)12-31-14(2)26/h13,15-19,27,29-30H,5-12H2,1-4H3/t13-,15+,16-,17+,18+,19-,21-,22+,23+,24+/m1/s1. The summed E-state index contributed by atoms with van der Waals surface area (Å²) in [5.74, 6) is -1.40. The molecule has 4 aliphatic rings. The van der Waals surface area contributed by atoms with Crippen molar-refractivity contribution in [1.82, 2.24) is 0 Å². The number of Topliss-reactive ketones (excluding diaryl/α,β-unsaturated/α-hetero) is 1. The van der Waals surface area contributed by atoms with E-state index in [-0.39, 0.29) is 36.5 Å². The summed E-state index contributed by atoms with van der Waals surface area (Å²) in [7, 11) is 0. The van der Waals surface area contributed by atoms with Gasteiger partial charge in [-0.1, -0.05) is 20.8 Å². The molecule has 7 heteroatoms. The second kappa shape index (κ2) is 7.22. The lowest BCUT2D eigenvalue weighted by molar-refractivity contribution is -0.253. The number of carbonyl (C=O) groups excluding carboxylic acids is 2. The van der Waals surface area contributed by atoms with E-state index in [1.807, 2.05) is 20.8 Å². The molecule has 0 bridgehead atoms. The van der Waals surface area contributed by atoms with E-state index in [1.165, 1.54) is 6.92 Å². The fourth-order valence-electron chi connectivity index (χ4n) is 8.42. The molecule has 0 radical (unpaired) electrons. The van der Waals surface area contributed by atoms with Crippen LogP contribution < -0.4 is 0 Å². The van der Waals surface area contributed by atoms with E-state index in [1.54, 1.807) is 0 Å². The van der Waals surface area contributed by atoms with Crippen LogP contribution >= 0.6 is 0 Å². The summed E-state index contributed by atoms with van der Waals surface area (Å²) >= 11 is 0. The number of ketones is 1. The average Bonchev–Trinajstić information content (AvgIpc) is 2.90. The lowest BCUT2D eigenvalue weighted by atomic mass is 9.42. The summed E-state index contributed by atoms with van der Waals surface area (Å²) < 4.78 is 20.5. The van der Waals surface area contributed by atoms with Crippen molar-refractivity contribution in [3.8, 4) is 0 Å². The Kier molecular flexibility index (Phi) is 5.39. The molecule has 0 amide bonds. The smallest absolute Gasteiger partial charge is 0.303 e. The van der Waals surface area contributed by atoms with E-state index in [4.69, 9.17) is 4.74 Å². The number of hydrogen-bond donors (Lipinski definition) is 3. The molecule has 4 aliphatic carbocycles. The molecule has 4 saturated carbocycles. The highest BCUT2D eigenvalue weighted by Crippen LogP contribution is 2.70. The second-order valence-corrected chi connectivity index (χ2v) is 11.4. The molecule has 0 aromatic rings. The highest BCUT2D eigenvalue weighted by atomic mass is 19.1. The molecule has 10 atom stereocenters. The van der Waals surface area contributed by atoms with Gasteiger partial charge in [-0.05, 0) is 62.2 Å². The van der Waals surface area contributed by atoms with E-state index >= 15 is 4.39 Å². The Balaban J connectivity index is 1.67. The highest BCUT2D eigenvalue weighted by molar-refractivity contribution is 5.91. The minimum atomic E-state index is -1.62. The first-order chi connectivity index (χ1) is 14.3.